The minimum absolute atomic E-state index is 0. The van der Waals surface area contributed by atoms with Gasteiger partial charge in [0.05, 0.1) is 5.75 Å². The van der Waals surface area contributed by atoms with E-state index in [0.717, 1.165) is 19.4 Å². The van der Waals surface area contributed by atoms with Crippen molar-refractivity contribution in [2.24, 2.45) is 0 Å². The summed E-state index contributed by atoms with van der Waals surface area (Å²) in [5.74, 6) is 0.324. The molecule has 1 aliphatic heterocycles. The van der Waals surface area contributed by atoms with E-state index < -0.39 is 9.84 Å². The van der Waals surface area contributed by atoms with Crippen LogP contribution >= 0.6 is 12.4 Å². The van der Waals surface area contributed by atoms with Crippen LogP contribution in [0.2, 0.25) is 0 Å². The van der Waals surface area contributed by atoms with Crippen molar-refractivity contribution in [1.82, 2.24) is 5.32 Å². The van der Waals surface area contributed by atoms with Gasteiger partial charge in [-0.15, -0.1) is 12.4 Å². The second-order valence-electron chi connectivity index (χ2n) is 3.57. The largest absolute Gasteiger partial charge is 0.314 e. The molecule has 0 bridgehead atoms. The Morgan fingerprint density at radius 2 is 2.08 bits per heavy atom. The van der Waals surface area contributed by atoms with Gasteiger partial charge >= 0.3 is 0 Å². The van der Waals surface area contributed by atoms with Crippen molar-refractivity contribution in [1.29, 1.82) is 0 Å². The number of nitrogens with one attached hydrogen (secondary N) is 1. The van der Waals surface area contributed by atoms with Crippen molar-refractivity contribution in [2.45, 2.75) is 31.7 Å². The fraction of sp³-hybridized carbons (Fsp3) is 1.00. The van der Waals surface area contributed by atoms with Gasteiger partial charge in [0.15, 0.2) is 0 Å². The lowest BCUT2D eigenvalue weighted by molar-refractivity contribution is 0.393. The number of hydrogen-bond donors (Lipinski definition) is 1. The molecular weight excluding hydrogens is 210 g/mol. The molecule has 5 heteroatoms. The molecule has 0 saturated carbocycles. The average molecular weight is 228 g/mol. The third-order valence-electron chi connectivity index (χ3n) is 2.25. The SMILES string of the molecule is CS(=O)(=O)CCC1CCCCN1.Cl. The van der Waals surface area contributed by atoms with Crippen LogP contribution in [0.1, 0.15) is 25.7 Å². The molecule has 0 aromatic heterocycles. The van der Waals surface area contributed by atoms with E-state index in [4.69, 9.17) is 0 Å². The number of hydrogen-bond acceptors (Lipinski definition) is 3. The molecule has 3 nitrogen and oxygen atoms in total. The third kappa shape index (κ3) is 6.29. The smallest absolute Gasteiger partial charge is 0.147 e. The highest BCUT2D eigenvalue weighted by Crippen LogP contribution is 2.10. The molecule has 1 rings (SSSR count). The summed E-state index contributed by atoms with van der Waals surface area (Å²) in [6, 6.07) is 0.438. The lowest BCUT2D eigenvalue weighted by atomic mass is 10.0. The Labute approximate surface area is 86.6 Å². The van der Waals surface area contributed by atoms with Gasteiger partial charge in [-0.1, -0.05) is 6.42 Å². The molecule has 1 N–H and O–H groups in total. The first-order chi connectivity index (χ1) is 5.58. The summed E-state index contributed by atoms with van der Waals surface area (Å²) in [4.78, 5) is 0. The van der Waals surface area contributed by atoms with Crippen molar-refractivity contribution in [3.63, 3.8) is 0 Å². The van der Waals surface area contributed by atoms with Crippen LogP contribution in [0, 0.1) is 0 Å². The lowest BCUT2D eigenvalue weighted by Gasteiger charge is -2.22. The molecule has 0 aliphatic carbocycles. The summed E-state index contributed by atoms with van der Waals surface area (Å²) in [6.07, 6.45) is 5.68. The molecule has 13 heavy (non-hydrogen) atoms. The maximum absolute atomic E-state index is 10.8. The van der Waals surface area contributed by atoms with E-state index in [9.17, 15) is 8.42 Å². The van der Waals surface area contributed by atoms with Crippen molar-refractivity contribution < 1.29 is 8.42 Å². The maximum Gasteiger partial charge on any atom is 0.147 e. The Morgan fingerprint density at radius 1 is 1.38 bits per heavy atom. The molecule has 0 radical (unpaired) electrons. The van der Waals surface area contributed by atoms with Crippen molar-refractivity contribution >= 4 is 22.2 Å². The number of sulfone groups is 1. The molecule has 1 unspecified atom stereocenters. The van der Waals surface area contributed by atoms with E-state index >= 15 is 0 Å². The topological polar surface area (TPSA) is 46.2 Å². The predicted molar refractivity (Wildman–Crippen MR) is 57.2 cm³/mol. The van der Waals surface area contributed by atoms with Crippen molar-refractivity contribution in [3.05, 3.63) is 0 Å². The summed E-state index contributed by atoms with van der Waals surface area (Å²) >= 11 is 0. The van der Waals surface area contributed by atoms with E-state index in [1.165, 1.54) is 19.1 Å². The fourth-order valence-electron chi connectivity index (χ4n) is 1.53. The minimum atomic E-state index is -2.76. The standard InChI is InChI=1S/C8H17NO2S.ClH/c1-12(10,11)7-5-8-4-2-3-6-9-8;/h8-9H,2-7H2,1H3;1H. The summed E-state index contributed by atoms with van der Waals surface area (Å²) in [7, 11) is -2.76. The Morgan fingerprint density at radius 3 is 2.54 bits per heavy atom. The van der Waals surface area contributed by atoms with Crippen LogP contribution in [-0.4, -0.2) is 33.0 Å². The van der Waals surface area contributed by atoms with Crippen LogP contribution in [0.15, 0.2) is 0 Å². The second-order valence-corrected chi connectivity index (χ2v) is 5.83. The van der Waals surface area contributed by atoms with E-state index in [0.29, 0.717) is 11.8 Å². The molecule has 80 valence electrons. The fourth-order valence-corrected chi connectivity index (χ4v) is 2.24. The lowest BCUT2D eigenvalue weighted by Crippen LogP contribution is -2.35. The first kappa shape index (κ1) is 13.2. The highest BCUT2D eigenvalue weighted by molar-refractivity contribution is 7.90. The summed E-state index contributed by atoms with van der Waals surface area (Å²) in [5, 5.41) is 3.33. The molecule has 0 aromatic carbocycles. The normalized spacial score (nSPS) is 23.6. The van der Waals surface area contributed by atoms with Crippen LogP contribution in [0.25, 0.3) is 0 Å². The summed E-state index contributed by atoms with van der Waals surface area (Å²) < 4.78 is 21.7. The third-order valence-corrected chi connectivity index (χ3v) is 3.23. The van der Waals surface area contributed by atoms with E-state index in [2.05, 4.69) is 5.32 Å². The Kier molecular flexibility index (Phi) is 5.92. The zero-order valence-electron chi connectivity index (χ0n) is 7.95. The van der Waals surface area contributed by atoms with Gasteiger partial charge in [0.25, 0.3) is 0 Å². The molecule has 0 spiro atoms. The van der Waals surface area contributed by atoms with Gasteiger partial charge in [-0.2, -0.15) is 0 Å². The molecular formula is C8H18ClNO2S. The maximum atomic E-state index is 10.8. The molecule has 1 heterocycles. The number of rotatable bonds is 3. The van der Waals surface area contributed by atoms with E-state index in [1.807, 2.05) is 0 Å². The Balaban J connectivity index is 0.00000144. The molecule has 0 amide bonds. The van der Waals surface area contributed by atoms with Gasteiger partial charge in [0.2, 0.25) is 0 Å². The van der Waals surface area contributed by atoms with Crippen molar-refractivity contribution in [3.8, 4) is 0 Å². The number of halogens is 1. The summed E-state index contributed by atoms with van der Waals surface area (Å²) in [6.45, 7) is 1.05. The van der Waals surface area contributed by atoms with Gasteiger partial charge < -0.3 is 5.32 Å². The highest BCUT2D eigenvalue weighted by Gasteiger charge is 2.14. The van der Waals surface area contributed by atoms with Crippen molar-refractivity contribution in [2.75, 3.05) is 18.6 Å². The average Bonchev–Trinajstić information content (AvgIpc) is 2.02. The van der Waals surface area contributed by atoms with Gasteiger partial charge in [-0.25, -0.2) is 8.42 Å². The first-order valence-electron chi connectivity index (χ1n) is 4.49. The van der Waals surface area contributed by atoms with Gasteiger partial charge in [-0.05, 0) is 25.8 Å². The van der Waals surface area contributed by atoms with Crippen LogP contribution in [0.4, 0.5) is 0 Å². The first-order valence-corrected chi connectivity index (χ1v) is 6.55. The van der Waals surface area contributed by atoms with Crippen LogP contribution in [0.5, 0.6) is 0 Å². The molecule has 1 fully saturated rings. The highest BCUT2D eigenvalue weighted by atomic mass is 35.5. The molecule has 1 atom stereocenters. The number of piperidine rings is 1. The molecule has 1 saturated heterocycles. The molecule has 1 aliphatic rings. The van der Waals surface area contributed by atoms with Crippen LogP contribution < -0.4 is 5.32 Å². The van der Waals surface area contributed by atoms with E-state index in [1.54, 1.807) is 0 Å². The van der Waals surface area contributed by atoms with Gasteiger partial charge in [0, 0.05) is 12.3 Å². The zero-order chi connectivity index (χ0) is 9.03. The van der Waals surface area contributed by atoms with Gasteiger partial charge in [-0.3, -0.25) is 0 Å². The Bertz CT molecular complexity index is 222. The van der Waals surface area contributed by atoms with E-state index in [-0.39, 0.29) is 12.4 Å². The molecule has 0 aromatic rings. The second kappa shape index (κ2) is 5.83. The summed E-state index contributed by atoms with van der Waals surface area (Å²) in [5.41, 5.74) is 0. The zero-order valence-corrected chi connectivity index (χ0v) is 9.59. The predicted octanol–water partition coefficient (Wildman–Crippen LogP) is 0.985. The monoisotopic (exact) mass is 227 g/mol. The van der Waals surface area contributed by atoms with Crippen LogP contribution in [-0.2, 0) is 9.84 Å². The minimum Gasteiger partial charge on any atom is -0.314 e. The van der Waals surface area contributed by atoms with Gasteiger partial charge in [0.1, 0.15) is 9.84 Å². The quantitative estimate of drug-likeness (QED) is 0.782. The Hall–Kier alpha value is 0.200. The van der Waals surface area contributed by atoms with Crippen LogP contribution in [0.3, 0.4) is 0 Å².